The lowest BCUT2D eigenvalue weighted by Gasteiger charge is -2.01. The molecule has 0 aliphatic carbocycles. The molecule has 6 nitrogen and oxygen atoms in total. The maximum Gasteiger partial charge on any atom is 0.290 e. The number of fused-ring (bicyclic) bond motifs is 1. The molecule has 0 saturated heterocycles. The molecule has 0 radical (unpaired) electrons. The van der Waals surface area contributed by atoms with Crippen LogP contribution in [0.25, 0.3) is 10.9 Å². The summed E-state index contributed by atoms with van der Waals surface area (Å²) in [7, 11) is 1.37. The molecule has 0 aliphatic rings. The van der Waals surface area contributed by atoms with E-state index < -0.39 is 4.92 Å². The molecule has 6 heteroatoms. The standard InChI is InChI=1S/C10H8N2O4/c1-16-9-5-6-4-7(12(14)15)2-3-8(6)11-10(9)13/h2-5H,1H3,(H,11,13). The fraction of sp³-hybridized carbons (Fsp3) is 0.100. The number of pyridine rings is 1. The van der Waals surface area contributed by atoms with Gasteiger partial charge < -0.3 is 9.72 Å². The number of hydrogen-bond donors (Lipinski definition) is 1. The van der Waals surface area contributed by atoms with Crippen molar-refractivity contribution in [1.82, 2.24) is 4.98 Å². The highest BCUT2D eigenvalue weighted by atomic mass is 16.6. The molecule has 1 heterocycles. The van der Waals surface area contributed by atoms with E-state index in [9.17, 15) is 14.9 Å². The van der Waals surface area contributed by atoms with Gasteiger partial charge >= 0.3 is 0 Å². The van der Waals surface area contributed by atoms with Crippen LogP contribution in [0.15, 0.2) is 29.1 Å². The molecular weight excluding hydrogens is 212 g/mol. The number of rotatable bonds is 2. The minimum absolute atomic E-state index is 0.0263. The van der Waals surface area contributed by atoms with E-state index in [0.29, 0.717) is 10.9 Å². The first-order chi connectivity index (χ1) is 7.61. The van der Waals surface area contributed by atoms with E-state index in [2.05, 4.69) is 4.98 Å². The number of H-pyrrole nitrogens is 1. The predicted molar refractivity (Wildman–Crippen MR) is 57.8 cm³/mol. The van der Waals surface area contributed by atoms with Crippen LogP contribution in [0.3, 0.4) is 0 Å². The van der Waals surface area contributed by atoms with Crippen LogP contribution in [-0.4, -0.2) is 17.0 Å². The Hall–Kier alpha value is -2.37. The molecule has 1 aromatic carbocycles. The largest absolute Gasteiger partial charge is 0.491 e. The van der Waals surface area contributed by atoms with Gasteiger partial charge in [-0.15, -0.1) is 0 Å². The van der Waals surface area contributed by atoms with Crippen LogP contribution in [0, 0.1) is 10.1 Å². The van der Waals surface area contributed by atoms with Gasteiger partial charge in [0.2, 0.25) is 0 Å². The molecule has 0 aliphatic heterocycles. The molecular formula is C10H8N2O4. The fourth-order valence-corrected chi connectivity index (χ4v) is 1.44. The molecule has 1 aromatic heterocycles. The smallest absolute Gasteiger partial charge is 0.290 e. The van der Waals surface area contributed by atoms with Gasteiger partial charge in [0, 0.05) is 23.0 Å². The third-order valence-electron chi connectivity index (χ3n) is 2.22. The normalized spacial score (nSPS) is 10.3. The Kier molecular flexibility index (Phi) is 2.32. The molecule has 0 spiro atoms. The highest BCUT2D eigenvalue weighted by Gasteiger charge is 2.08. The van der Waals surface area contributed by atoms with Crippen molar-refractivity contribution in [3.8, 4) is 5.75 Å². The van der Waals surface area contributed by atoms with Crippen LogP contribution in [-0.2, 0) is 0 Å². The van der Waals surface area contributed by atoms with Crippen molar-refractivity contribution in [2.24, 2.45) is 0 Å². The second-order valence-electron chi connectivity index (χ2n) is 3.20. The number of hydrogen-bond acceptors (Lipinski definition) is 4. The van der Waals surface area contributed by atoms with Gasteiger partial charge in [-0.05, 0) is 12.1 Å². The second-order valence-corrected chi connectivity index (χ2v) is 3.20. The van der Waals surface area contributed by atoms with Crippen molar-refractivity contribution >= 4 is 16.6 Å². The van der Waals surface area contributed by atoms with E-state index in [1.807, 2.05) is 0 Å². The summed E-state index contributed by atoms with van der Waals surface area (Å²) in [5.74, 6) is 0.132. The monoisotopic (exact) mass is 220 g/mol. The topological polar surface area (TPSA) is 85.2 Å². The maximum atomic E-state index is 11.4. The van der Waals surface area contributed by atoms with E-state index in [4.69, 9.17) is 4.74 Å². The van der Waals surface area contributed by atoms with Crippen LogP contribution in [0.5, 0.6) is 5.75 Å². The number of nitro groups is 1. The minimum atomic E-state index is -0.489. The van der Waals surface area contributed by atoms with Crippen molar-refractivity contribution in [3.05, 3.63) is 44.7 Å². The number of aromatic amines is 1. The Morgan fingerprint density at radius 1 is 1.38 bits per heavy atom. The lowest BCUT2D eigenvalue weighted by Crippen LogP contribution is -2.08. The summed E-state index contributed by atoms with van der Waals surface area (Å²) in [6.07, 6.45) is 0. The molecule has 0 bridgehead atoms. The molecule has 2 rings (SSSR count). The van der Waals surface area contributed by atoms with E-state index in [1.165, 1.54) is 31.4 Å². The van der Waals surface area contributed by atoms with Gasteiger partial charge in [-0.3, -0.25) is 14.9 Å². The van der Waals surface area contributed by atoms with Gasteiger partial charge in [-0.25, -0.2) is 0 Å². The quantitative estimate of drug-likeness (QED) is 0.613. The van der Waals surface area contributed by atoms with Crippen molar-refractivity contribution in [2.75, 3.05) is 7.11 Å². The summed E-state index contributed by atoms with van der Waals surface area (Å²) < 4.78 is 4.84. The molecule has 0 amide bonds. The van der Waals surface area contributed by atoms with E-state index in [0.717, 1.165) is 0 Å². The minimum Gasteiger partial charge on any atom is -0.491 e. The van der Waals surface area contributed by atoms with E-state index in [-0.39, 0.29) is 17.0 Å². The Bertz CT molecular complexity index is 618. The molecule has 0 unspecified atom stereocenters. The number of aromatic nitrogens is 1. The number of nitrogens with one attached hydrogen (secondary N) is 1. The number of methoxy groups -OCH3 is 1. The molecule has 0 fully saturated rings. The molecule has 2 aromatic rings. The Morgan fingerprint density at radius 3 is 2.75 bits per heavy atom. The summed E-state index contributed by atoms with van der Waals surface area (Å²) in [5.41, 5.74) is 0.154. The van der Waals surface area contributed by atoms with Crippen LogP contribution in [0.2, 0.25) is 0 Å². The SMILES string of the molecule is COc1cc2cc([N+](=O)[O-])ccc2[nH]c1=O. The van der Waals surface area contributed by atoms with Gasteiger partial charge in [0.15, 0.2) is 5.75 Å². The Balaban J connectivity index is 2.73. The zero-order chi connectivity index (χ0) is 11.7. The molecule has 0 saturated carbocycles. The van der Waals surface area contributed by atoms with E-state index >= 15 is 0 Å². The summed E-state index contributed by atoms with van der Waals surface area (Å²) >= 11 is 0. The van der Waals surface area contributed by atoms with Gasteiger partial charge in [0.1, 0.15) is 0 Å². The van der Waals surface area contributed by atoms with Gasteiger partial charge in [0.05, 0.1) is 12.0 Å². The van der Waals surface area contributed by atoms with Crippen molar-refractivity contribution in [1.29, 1.82) is 0 Å². The van der Waals surface area contributed by atoms with Crippen LogP contribution < -0.4 is 10.3 Å². The third kappa shape index (κ3) is 1.60. The zero-order valence-electron chi connectivity index (χ0n) is 8.39. The maximum absolute atomic E-state index is 11.4. The lowest BCUT2D eigenvalue weighted by atomic mass is 10.2. The van der Waals surface area contributed by atoms with Crippen molar-refractivity contribution in [3.63, 3.8) is 0 Å². The van der Waals surface area contributed by atoms with E-state index in [1.54, 1.807) is 0 Å². The van der Waals surface area contributed by atoms with Gasteiger partial charge in [0.25, 0.3) is 11.2 Å². The average molecular weight is 220 g/mol. The molecule has 0 atom stereocenters. The average Bonchev–Trinajstić information content (AvgIpc) is 2.27. The molecule has 1 N–H and O–H groups in total. The highest BCUT2D eigenvalue weighted by Crippen LogP contribution is 2.20. The van der Waals surface area contributed by atoms with Crippen LogP contribution >= 0.6 is 0 Å². The summed E-state index contributed by atoms with van der Waals surface area (Å²) in [6.45, 7) is 0. The summed E-state index contributed by atoms with van der Waals surface area (Å²) in [4.78, 5) is 24.0. The number of non-ortho nitro benzene ring substituents is 1. The zero-order valence-corrected chi connectivity index (χ0v) is 8.39. The Labute approximate surface area is 89.6 Å². The van der Waals surface area contributed by atoms with Crippen molar-refractivity contribution < 1.29 is 9.66 Å². The van der Waals surface area contributed by atoms with Gasteiger partial charge in [-0.1, -0.05) is 0 Å². The first-order valence-electron chi connectivity index (χ1n) is 4.47. The third-order valence-corrected chi connectivity index (χ3v) is 2.22. The number of benzene rings is 1. The number of nitrogens with zero attached hydrogens (tertiary/aromatic N) is 1. The van der Waals surface area contributed by atoms with Gasteiger partial charge in [-0.2, -0.15) is 0 Å². The first-order valence-corrected chi connectivity index (χ1v) is 4.47. The highest BCUT2D eigenvalue weighted by molar-refractivity contribution is 5.81. The number of nitro benzene ring substituents is 1. The van der Waals surface area contributed by atoms with Crippen LogP contribution in [0.4, 0.5) is 5.69 Å². The second kappa shape index (κ2) is 3.65. The molecule has 16 heavy (non-hydrogen) atoms. The lowest BCUT2D eigenvalue weighted by molar-refractivity contribution is -0.384. The van der Waals surface area contributed by atoms with Crippen molar-refractivity contribution in [2.45, 2.75) is 0 Å². The Morgan fingerprint density at radius 2 is 2.12 bits per heavy atom. The summed E-state index contributed by atoms with van der Waals surface area (Å²) in [6, 6.07) is 5.69. The molecule has 82 valence electrons. The summed E-state index contributed by atoms with van der Waals surface area (Å²) in [5, 5.41) is 11.1. The predicted octanol–water partition coefficient (Wildman–Crippen LogP) is 1.44. The van der Waals surface area contributed by atoms with Crippen LogP contribution in [0.1, 0.15) is 0 Å². The number of ether oxygens (including phenoxy) is 1. The fourth-order valence-electron chi connectivity index (χ4n) is 1.44. The first kappa shape index (κ1) is 10.2.